The van der Waals surface area contributed by atoms with Crippen LogP contribution in [0.4, 0.5) is 5.69 Å². The van der Waals surface area contributed by atoms with Crippen LogP contribution in [0.1, 0.15) is 12.5 Å². The summed E-state index contributed by atoms with van der Waals surface area (Å²) in [6, 6.07) is 21.2. The van der Waals surface area contributed by atoms with Gasteiger partial charge in [0.1, 0.15) is 11.5 Å². The molecule has 1 amide bonds. The molecule has 5 heteroatoms. The second-order valence-corrected chi connectivity index (χ2v) is 6.85. The molecule has 28 heavy (non-hydrogen) atoms. The van der Waals surface area contributed by atoms with E-state index in [1.165, 1.54) is 7.11 Å². The summed E-state index contributed by atoms with van der Waals surface area (Å²) in [7, 11) is 1.53. The van der Waals surface area contributed by atoms with Gasteiger partial charge in [-0.15, -0.1) is 0 Å². The first-order valence-electron chi connectivity index (χ1n) is 8.95. The Morgan fingerprint density at radius 1 is 1.00 bits per heavy atom. The minimum Gasteiger partial charge on any atom is -0.495 e. The van der Waals surface area contributed by atoms with Crippen molar-refractivity contribution in [3.05, 3.63) is 77.3 Å². The number of carbonyl (C=O) groups is 1. The molecule has 3 aromatic carbocycles. The van der Waals surface area contributed by atoms with Crippen molar-refractivity contribution in [1.29, 1.82) is 0 Å². The highest BCUT2D eigenvalue weighted by Gasteiger charge is 2.17. The van der Waals surface area contributed by atoms with Crippen molar-refractivity contribution in [2.45, 2.75) is 20.0 Å². The zero-order chi connectivity index (χ0) is 20.1. The summed E-state index contributed by atoms with van der Waals surface area (Å²) >= 11 is 6.11. The zero-order valence-corrected chi connectivity index (χ0v) is 16.8. The maximum atomic E-state index is 12.5. The summed E-state index contributed by atoms with van der Waals surface area (Å²) in [5.74, 6) is 0.858. The van der Waals surface area contributed by atoms with Crippen molar-refractivity contribution in [2.24, 2.45) is 0 Å². The number of benzene rings is 3. The van der Waals surface area contributed by atoms with Crippen LogP contribution in [0, 0.1) is 6.92 Å². The number of methoxy groups -OCH3 is 1. The molecule has 0 fully saturated rings. The second kappa shape index (κ2) is 8.81. The van der Waals surface area contributed by atoms with Crippen LogP contribution in [0.15, 0.2) is 66.7 Å². The van der Waals surface area contributed by atoms with Gasteiger partial charge in [0.25, 0.3) is 5.91 Å². The van der Waals surface area contributed by atoms with Crippen LogP contribution >= 0.6 is 11.6 Å². The summed E-state index contributed by atoms with van der Waals surface area (Å²) < 4.78 is 11.1. The van der Waals surface area contributed by atoms with E-state index in [9.17, 15) is 4.79 Å². The molecule has 4 nitrogen and oxygen atoms in total. The third-order valence-corrected chi connectivity index (χ3v) is 4.79. The number of anilines is 1. The molecule has 1 unspecified atom stereocenters. The van der Waals surface area contributed by atoms with Crippen molar-refractivity contribution in [3.8, 4) is 22.6 Å². The molecule has 1 N–H and O–H groups in total. The highest BCUT2D eigenvalue weighted by Crippen LogP contribution is 2.31. The van der Waals surface area contributed by atoms with Crippen LogP contribution in [-0.2, 0) is 4.79 Å². The average Bonchev–Trinajstić information content (AvgIpc) is 2.71. The van der Waals surface area contributed by atoms with Crippen molar-refractivity contribution >= 4 is 23.2 Å². The number of amides is 1. The van der Waals surface area contributed by atoms with Gasteiger partial charge in [0.15, 0.2) is 6.10 Å². The van der Waals surface area contributed by atoms with Crippen molar-refractivity contribution in [3.63, 3.8) is 0 Å². The number of ether oxygens (including phenoxy) is 2. The van der Waals surface area contributed by atoms with Crippen LogP contribution in [0.25, 0.3) is 11.1 Å². The number of halogens is 1. The molecule has 0 heterocycles. The van der Waals surface area contributed by atoms with Crippen LogP contribution in [0.3, 0.4) is 0 Å². The molecule has 0 aliphatic rings. The Kier molecular flexibility index (Phi) is 6.22. The minimum absolute atomic E-state index is 0.271. The minimum atomic E-state index is -0.678. The molecule has 0 aromatic heterocycles. The van der Waals surface area contributed by atoms with Gasteiger partial charge in [-0.2, -0.15) is 0 Å². The first-order valence-corrected chi connectivity index (χ1v) is 9.33. The molecule has 144 valence electrons. The van der Waals surface area contributed by atoms with Gasteiger partial charge in [-0.25, -0.2) is 0 Å². The molecular formula is C23H22ClNO3. The topological polar surface area (TPSA) is 47.6 Å². The van der Waals surface area contributed by atoms with E-state index in [4.69, 9.17) is 21.1 Å². The van der Waals surface area contributed by atoms with Crippen LogP contribution in [0.2, 0.25) is 5.02 Å². The Balaban J connectivity index is 1.67. The van der Waals surface area contributed by atoms with Crippen molar-refractivity contribution < 1.29 is 14.3 Å². The second-order valence-electron chi connectivity index (χ2n) is 6.44. The fourth-order valence-electron chi connectivity index (χ4n) is 2.78. The zero-order valence-electron chi connectivity index (χ0n) is 16.0. The van der Waals surface area contributed by atoms with Gasteiger partial charge in [0.2, 0.25) is 0 Å². The molecule has 3 aromatic rings. The Morgan fingerprint density at radius 2 is 1.64 bits per heavy atom. The maximum Gasteiger partial charge on any atom is 0.265 e. The summed E-state index contributed by atoms with van der Waals surface area (Å²) in [6.45, 7) is 3.57. The molecule has 0 radical (unpaired) electrons. The lowest BCUT2D eigenvalue weighted by Crippen LogP contribution is -2.30. The number of nitrogens with one attached hydrogen (secondary N) is 1. The third kappa shape index (κ3) is 4.65. The van der Waals surface area contributed by atoms with Gasteiger partial charge in [-0.05, 0) is 48.7 Å². The monoisotopic (exact) mass is 395 g/mol. The molecular weight excluding hydrogens is 374 g/mol. The summed E-state index contributed by atoms with van der Waals surface area (Å²) in [5.41, 5.74) is 3.63. The van der Waals surface area contributed by atoms with E-state index < -0.39 is 6.10 Å². The normalized spacial score (nSPS) is 11.6. The Labute approximate surface area is 170 Å². The first-order chi connectivity index (χ1) is 13.5. The van der Waals surface area contributed by atoms with Crippen molar-refractivity contribution in [1.82, 2.24) is 0 Å². The smallest absolute Gasteiger partial charge is 0.265 e. The lowest BCUT2D eigenvalue weighted by atomic mass is 10.1. The van der Waals surface area contributed by atoms with Crippen LogP contribution in [-0.4, -0.2) is 19.1 Å². The Morgan fingerprint density at radius 3 is 2.29 bits per heavy atom. The molecule has 0 aliphatic carbocycles. The summed E-state index contributed by atoms with van der Waals surface area (Å²) in [5, 5.41) is 3.42. The number of hydrogen-bond acceptors (Lipinski definition) is 3. The number of rotatable bonds is 6. The quantitative estimate of drug-likeness (QED) is 0.579. The van der Waals surface area contributed by atoms with E-state index in [0.29, 0.717) is 22.2 Å². The van der Waals surface area contributed by atoms with E-state index >= 15 is 0 Å². The summed E-state index contributed by atoms with van der Waals surface area (Å²) in [4.78, 5) is 12.5. The molecule has 0 aliphatic heterocycles. The van der Waals surface area contributed by atoms with Gasteiger partial charge >= 0.3 is 0 Å². The highest BCUT2D eigenvalue weighted by atomic mass is 35.5. The van der Waals surface area contributed by atoms with Crippen molar-refractivity contribution in [2.75, 3.05) is 12.4 Å². The fourth-order valence-corrected chi connectivity index (χ4v) is 2.93. The van der Waals surface area contributed by atoms with Crippen LogP contribution < -0.4 is 14.8 Å². The first kappa shape index (κ1) is 19.8. The number of carbonyl (C=O) groups excluding carboxylic acids is 1. The fraction of sp³-hybridized carbons (Fsp3) is 0.174. The molecule has 3 rings (SSSR count). The van der Waals surface area contributed by atoms with Crippen LogP contribution in [0.5, 0.6) is 11.5 Å². The van der Waals surface area contributed by atoms with E-state index in [0.717, 1.165) is 16.7 Å². The molecule has 0 saturated carbocycles. The van der Waals surface area contributed by atoms with E-state index in [2.05, 4.69) is 5.32 Å². The molecule has 0 saturated heterocycles. The standard InChI is InChI=1S/C23H22ClNO3/c1-15-13-21(22(27-3)14-20(15)24)25-23(26)16(2)28-19-11-9-18(10-12-19)17-7-5-4-6-8-17/h4-14,16H,1-3H3,(H,25,26). The predicted molar refractivity (Wildman–Crippen MR) is 113 cm³/mol. The Bertz CT molecular complexity index is 956. The van der Waals surface area contributed by atoms with Gasteiger partial charge in [-0.3, -0.25) is 4.79 Å². The SMILES string of the molecule is COc1cc(Cl)c(C)cc1NC(=O)C(C)Oc1ccc(-c2ccccc2)cc1. The molecule has 1 atom stereocenters. The Hall–Kier alpha value is -2.98. The average molecular weight is 396 g/mol. The number of aryl methyl sites for hydroxylation is 1. The third-order valence-electron chi connectivity index (χ3n) is 4.38. The van der Waals surface area contributed by atoms with E-state index in [1.807, 2.05) is 61.5 Å². The number of hydrogen-bond donors (Lipinski definition) is 1. The summed E-state index contributed by atoms with van der Waals surface area (Å²) in [6.07, 6.45) is -0.678. The molecule has 0 spiro atoms. The van der Waals surface area contributed by atoms with Gasteiger partial charge in [-0.1, -0.05) is 54.1 Å². The highest BCUT2D eigenvalue weighted by molar-refractivity contribution is 6.31. The largest absolute Gasteiger partial charge is 0.495 e. The lowest BCUT2D eigenvalue weighted by molar-refractivity contribution is -0.122. The van der Waals surface area contributed by atoms with Gasteiger partial charge in [0, 0.05) is 11.1 Å². The van der Waals surface area contributed by atoms with Gasteiger partial charge in [0.05, 0.1) is 12.8 Å². The van der Waals surface area contributed by atoms with E-state index in [-0.39, 0.29) is 5.91 Å². The lowest BCUT2D eigenvalue weighted by Gasteiger charge is -2.17. The maximum absolute atomic E-state index is 12.5. The van der Waals surface area contributed by atoms with E-state index in [1.54, 1.807) is 19.1 Å². The predicted octanol–water partition coefficient (Wildman–Crippen LogP) is 5.73. The van der Waals surface area contributed by atoms with Gasteiger partial charge < -0.3 is 14.8 Å². The molecule has 0 bridgehead atoms.